The van der Waals surface area contributed by atoms with Gasteiger partial charge >= 0.3 is 0 Å². The molecule has 5 rings (SSSR count). The summed E-state index contributed by atoms with van der Waals surface area (Å²) in [5.74, 6) is 0.639. The first kappa shape index (κ1) is 17.7. The Hall–Kier alpha value is -2.33. The third-order valence-electron chi connectivity index (χ3n) is 6.62. The Labute approximate surface area is 164 Å². The number of hydrogen-bond acceptors (Lipinski definition) is 2. The monoisotopic (exact) mass is 379 g/mol. The second-order valence-electron chi connectivity index (χ2n) is 9.20. The van der Waals surface area contributed by atoms with E-state index in [9.17, 15) is 9.50 Å². The molecule has 1 aromatic heterocycles. The molecule has 0 atom stereocenters. The van der Waals surface area contributed by atoms with Crippen LogP contribution < -0.4 is 0 Å². The van der Waals surface area contributed by atoms with Crippen LogP contribution in [0.5, 0.6) is 5.75 Å². The summed E-state index contributed by atoms with van der Waals surface area (Å²) in [7, 11) is 0. The predicted molar refractivity (Wildman–Crippen MR) is 109 cm³/mol. The number of aromatic hydroxyl groups is 1. The highest BCUT2D eigenvalue weighted by atomic mass is 19.1. The van der Waals surface area contributed by atoms with Crippen LogP contribution in [-0.4, -0.2) is 16.3 Å². The zero-order valence-electron chi connectivity index (χ0n) is 16.6. The average Bonchev–Trinajstić information content (AvgIpc) is 2.93. The van der Waals surface area contributed by atoms with Crippen LogP contribution in [0.25, 0.3) is 16.6 Å². The van der Waals surface area contributed by atoms with E-state index in [0.29, 0.717) is 12.5 Å². The van der Waals surface area contributed by atoms with Gasteiger partial charge in [-0.05, 0) is 61.6 Å². The predicted octanol–water partition coefficient (Wildman–Crippen LogP) is 5.80. The molecule has 1 aliphatic heterocycles. The maximum atomic E-state index is 13.6. The van der Waals surface area contributed by atoms with Crippen molar-refractivity contribution in [1.82, 2.24) is 4.57 Å². The Bertz CT molecular complexity index is 1060. The van der Waals surface area contributed by atoms with E-state index in [1.165, 1.54) is 17.8 Å². The first-order valence-electron chi connectivity index (χ1n) is 10.1. The molecule has 146 valence electrons. The zero-order chi connectivity index (χ0) is 19.7. The smallest absolute Gasteiger partial charge is 0.125 e. The third kappa shape index (κ3) is 2.37. The molecule has 1 saturated carbocycles. The summed E-state index contributed by atoms with van der Waals surface area (Å²) < 4.78 is 22.3. The molecule has 3 aromatic rings. The highest BCUT2D eigenvalue weighted by Gasteiger charge is 2.52. The first-order valence-corrected chi connectivity index (χ1v) is 10.1. The summed E-state index contributed by atoms with van der Waals surface area (Å²) in [6.07, 6.45) is 2.83. The molecule has 0 saturated heterocycles. The summed E-state index contributed by atoms with van der Waals surface area (Å²) in [4.78, 5) is 0. The summed E-state index contributed by atoms with van der Waals surface area (Å²) in [5.41, 5.74) is 3.69. The molecule has 1 N–H and O–H groups in total. The normalized spacial score (nSPS) is 26.1. The fraction of sp³-hybridized carbons (Fsp3) is 0.417. The number of halogens is 1. The van der Waals surface area contributed by atoms with E-state index in [-0.39, 0.29) is 22.6 Å². The maximum absolute atomic E-state index is 13.6. The van der Waals surface area contributed by atoms with Crippen molar-refractivity contribution in [2.45, 2.75) is 51.0 Å². The van der Waals surface area contributed by atoms with Crippen molar-refractivity contribution >= 4 is 10.9 Å². The van der Waals surface area contributed by atoms with Gasteiger partial charge in [-0.2, -0.15) is 0 Å². The molecule has 2 aromatic carbocycles. The number of phenolic OH excluding ortho intramolecular Hbond substituents is 1. The van der Waals surface area contributed by atoms with Gasteiger partial charge < -0.3 is 14.4 Å². The quantitative estimate of drug-likeness (QED) is 0.580. The fourth-order valence-corrected chi connectivity index (χ4v) is 5.34. The Morgan fingerprint density at radius 2 is 1.82 bits per heavy atom. The van der Waals surface area contributed by atoms with E-state index in [2.05, 4.69) is 25.3 Å². The molecule has 1 fully saturated rings. The lowest BCUT2D eigenvalue weighted by Gasteiger charge is -2.46. The number of ether oxygens (including phenoxy) is 1. The van der Waals surface area contributed by atoms with E-state index < -0.39 is 0 Å². The summed E-state index contributed by atoms with van der Waals surface area (Å²) in [5, 5.41) is 11.8. The molecular formula is C24H26FNO2. The van der Waals surface area contributed by atoms with Crippen LogP contribution in [0.2, 0.25) is 0 Å². The van der Waals surface area contributed by atoms with Crippen LogP contribution in [0, 0.1) is 11.7 Å². The SMILES string of the molecule is CC1CC2(C1)OCCC(C)(C)c1c2c2c(O)cccc2n1-c1ccc(F)cc1. The lowest BCUT2D eigenvalue weighted by Crippen LogP contribution is -2.42. The second-order valence-corrected chi connectivity index (χ2v) is 9.20. The van der Waals surface area contributed by atoms with E-state index in [4.69, 9.17) is 4.74 Å². The molecule has 0 amide bonds. The molecule has 0 unspecified atom stereocenters. The van der Waals surface area contributed by atoms with Gasteiger partial charge in [-0.15, -0.1) is 0 Å². The first-order chi connectivity index (χ1) is 13.3. The van der Waals surface area contributed by atoms with Crippen LogP contribution in [0.4, 0.5) is 4.39 Å². The van der Waals surface area contributed by atoms with E-state index in [1.54, 1.807) is 6.07 Å². The molecule has 1 spiro atoms. The molecule has 2 aliphatic rings. The number of benzene rings is 2. The minimum atomic E-state index is -0.342. The highest BCUT2D eigenvalue weighted by Crippen LogP contribution is 2.57. The largest absolute Gasteiger partial charge is 0.507 e. The van der Waals surface area contributed by atoms with Gasteiger partial charge in [0.05, 0.1) is 11.1 Å². The zero-order valence-corrected chi connectivity index (χ0v) is 16.6. The summed E-state index contributed by atoms with van der Waals surface area (Å²) in [6.45, 7) is 7.44. The van der Waals surface area contributed by atoms with Crippen molar-refractivity contribution in [1.29, 1.82) is 0 Å². The number of hydrogen-bond donors (Lipinski definition) is 1. The van der Waals surface area contributed by atoms with Crippen LogP contribution in [-0.2, 0) is 15.8 Å². The minimum Gasteiger partial charge on any atom is -0.507 e. The average molecular weight is 379 g/mol. The van der Waals surface area contributed by atoms with Gasteiger partial charge in [0.25, 0.3) is 0 Å². The second kappa shape index (κ2) is 5.84. The van der Waals surface area contributed by atoms with E-state index in [0.717, 1.165) is 41.4 Å². The van der Waals surface area contributed by atoms with Gasteiger partial charge in [0.1, 0.15) is 11.6 Å². The van der Waals surface area contributed by atoms with Gasteiger partial charge in [-0.1, -0.05) is 26.8 Å². The van der Waals surface area contributed by atoms with Gasteiger partial charge in [0, 0.05) is 34.4 Å². The third-order valence-corrected chi connectivity index (χ3v) is 6.62. The van der Waals surface area contributed by atoms with Crippen LogP contribution >= 0.6 is 0 Å². The standard InChI is InChI=1S/C24H26FNO2/c1-15-13-24(14-15)21-20-18(5-4-6-19(20)27)26(17-9-7-16(25)8-10-17)22(21)23(2,3)11-12-28-24/h4-10,15,27H,11-14H2,1-3H3. The molecule has 0 radical (unpaired) electrons. The number of phenols is 1. The number of rotatable bonds is 1. The van der Waals surface area contributed by atoms with Crippen molar-refractivity contribution in [3.63, 3.8) is 0 Å². The van der Waals surface area contributed by atoms with Crippen LogP contribution in [0.3, 0.4) is 0 Å². The molecule has 2 heterocycles. The van der Waals surface area contributed by atoms with Crippen molar-refractivity contribution in [2.75, 3.05) is 6.61 Å². The van der Waals surface area contributed by atoms with Gasteiger partial charge in [0.15, 0.2) is 0 Å². The molecule has 1 aliphatic carbocycles. The Kier molecular flexibility index (Phi) is 3.70. The highest BCUT2D eigenvalue weighted by molar-refractivity contribution is 5.94. The summed E-state index contributed by atoms with van der Waals surface area (Å²) >= 11 is 0. The lowest BCUT2D eigenvalue weighted by molar-refractivity contribution is -0.129. The van der Waals surface area contributed by atoms with E-state index >= 15 is 0 Å². The van der Waals surface area contributed by atoms with Gasteiger partial charge in [-0.3, -0.25) is 0 Å². The molecule has 4 heteroatoms. The molecular weight excluding hydrogens is 353 g/mol. The van der Waals surface area contributed by atoms with Crippen molar-refractivity contribution < 1.29 is 14.2 Å². The number of nitrogens with zero attached hydrogens (tertiary/aromatic N) is 1. The Morgan fingerprint density at radius 3 is 2.50 bits per heavy atom. The Balaban J connectivity index is 1.93. The number of aromatic nitrogens is 1. The van der Waals surface area contributed by atoms with Gasteiger partial charge in [0.2, 0.25) is 0 Å². The van der Waals surface area contributed by atoms with Gasteiger partial charge in [-0.25, -0.2) is 4.39 Å². The summed E-state index contributed by atoms with van der Waals surface area (Å²) in [6, 6.07) is 12.3. The molecule has 0 bridgehead atoms. The number of fused-ring (bicyclic) bond motifs is 4. The van der Waals surface area contributed by atoms with Crippen molar-refractivity contribution in [3.05, 3.63) is 59.5 Å². The topological polar surface area (TPSA) is 34.4 Å². The van der Waals surface area contributed by atoms with Crippen LogP contribution in [0.15, 0.2) is 42.5 Å². The Morgan fingerprint density at radius 1 is 1.11 bits per heavy atom. The van der Waals surface area contributed by atoms with E-state index in [1.807, 2.05) is 24.3 Å². The van der Waals surface area contributed by atoms with Crippen molar-refractivity contribution in [2.24, 2.45) is 5.92 Å². The van der Waals surface area contributed by atoms with Crippen molar-refractivity contribution in [3.8, 4) is 11.4 Å². The lowest BCUT2D eigenvalue weighted by atomic mass is 9.66. The molecule has 3 nitrogen and oxygen atoms in total. The molecule has 28 heavy (non-hydrogen) atoms. The van der Waals surface area contributed by atoms with Crippen LogP contribution in [0.1, 0.15) is 51.3 Å². The fourth-order valence-electron chi connectivity index (χ4n) is 5.34. The minimum absolute atomic E-state index is 0.141. The maximum Gasteiger partial charge on any atom is 0.125 e.